The van der Waals surface area contributed by atoms with Crippen LogP contribution in [-0.4, -0.2) is 35.7 Å². The summed E-state index contributed by atoms with van der Waals surface area (Å²) in [6, 6.07) is -0.767. The van der Waals surface area contributed by atoms with Gasteiger partial charge in [0.1, 0.15) is 6.04 Å². The molecule has 0 aromatic carbocycles. The van der Waals surface area contributed by atoms with E-state index in [9.17, 15) is 9.59 Å². The molecule has 1 fully saturated rings. The molecule has 0 saturated carbocycles. The van der Waals surface area contributed by atoms with Crippen LogP contribution in [0.3, 0.4) is 0 Å². The van der Waals surface area contributed by atoms with Crippen LogP contribution >= 0.6 is 0 Å². The zero-order chi connectivity index (χ0) is 12.0. The van der Waals surface area contributed by atoms with Gasteiger partial charge in [0.2, 0.25) is 5.91 Å². The number of carboxylic acids is 1. The van der Waals surface area contributed by atoms with Crippen molar-refractivity contribution in [2.75, 3.05) is 6.61 Å². The van der Waals surface area contributed by atoms with Gasteiger partial charge in [-0.1, -0.05) is 6.92 Å². The molecule has 0 aromatic heterocycles. The zero-order valence-electron chi connectivity index (χ0n) is 9.57. The largest absolute Gasteiger partial charge is 0.480 e. The number of nitrogens with one attached hydrogen (secondary N) is 1. The minimum Gasteiger partial charge on any atom is -0.480 e. The van der Waals surface area contributed by atoms with Crippen molar-refractivity contribution in [1.29, 1.82) is 0 Å². The van der Waals surface area contributed by atoms with Gasteiger partial charge in [-0.3, -0.25) is 4.79 Å². The zero-order valence-corrected chi connectivity index (χ0v) is 9.57. The van der Waals surface area contributed by atoms with Crippen LogP contribution in [-0.2, 0) is 14.3 Å². The van der Waals surface area contributed by atoms with Crippen molar-refractivity contribution in [3.8, 4) is 0 Å². The van der Waals surface area contributed by atoms with Gasteiger partial charge in [0.05, 0.1) is 6.10 Å². The Balaban J connectivity index is 2.21. The highest BCUT2D eigenvalue weighted by molar-refractivity contribution is 5.83. The molecule has 1 unspecified atom stereocenters. The van der Waals surface area contributed by atoms with Gasteiger partial charge in [-0.2, -0.15) is 0 Å². The van der Waals surface area contributed by atoms with Crippen molar-refractivity contribution in [2.24, 2.45) is 0 Å². The summed E-state index contributed by atoms with van der Waals surface area (Å²) in [5.74, 6) is -1.18. The summed E-state index contributed by atoms with van der Waals surface area (Å²) in [6.07, 6.45) is 3.66. The van der Waals surface area contributed by atoms with E-state index in [2.05, 4.69) is 5.32 Å². The summed E-state index contributed by atoms with van der Waals surface area (Å²) in [6.45, 7) is 2.51. The molecule has 0 aliphatic carbocycles. The van der Waals surface area contributed by atoms with E-state index in [4.69, 9.17) is 9.84 Å². The van der Waals surface area contributed by atoms with Gasteiger partial charge < -0.3 is 15.2 Å². The van der Waals surface area contributed by atoms with E-state index in [1.165, 1.54) is 0 Å². The maximum absolute atomic E-state index is 11.4. The van der Waals surface area contributed by atoms with E-state index in [0.29, 0.717) is 19.3 Å². The first-order valence-electron chi connectivity index (χ1n) is 5.77. The predicted molar refractivity (Wildman–Crippen MR) is 58.1 cm³/mol. The smallest absolute Gasteiger partial charge is 0.326 e. The van der Waals surface area contributed by atoms with Crippen LogP contribution in [0.15, 0.2) is 0 Å². The first kappa shape index (κ1) is 13.0. The molecule has 0 aromatic rings. The number of hydrogen-bond donors (Lipinski definition) is 2. The molecule has 0 bridgehead atoms. The van der Waals surface area contributed by atoms with E-state index in [-0.39, 0.29) is 12.0 Å². The van der Waals surface area contributed by atoms with Gasteiger partial charge >= 0.3 is 5.97 Å². The Labute approximate surface area is 95.2 Å². The molecule has 5 nitrogen and oxygen atoms in total. The Morgan fingerprint density at radius 1 is 1.56 bits per heavy atom. The third-order valence-electron chi connectivity index (χ3n) is 2.76. The van der Waals surface area contributed by atoms with Crippen molar-refractivity contribution in [2.45, 2.75) is 51.2 Å². The van der Waals surface area contributed by atoms with E-state index >= 15 is 0 Å². The van der Waals surface area contributed by atoms with E-state index in [0.717, 1.165) is 19.4 Å². The monoisotopic (exact) mass is 229 g/mol. The number of ether oxygens (including phenoxy) is 1. The second kappa shape index (κ2) is 6.48. The Bertz CT molecular complexity index is 248. The molecular weight excluding hydrogens is 210 g/mol. The van der Waals surface area contributed by atoms with Gasteiger partial charge in [-0.25, -0.2) is 4.79 Å². The lowest BCUT2D eigenvalue weighted by atomic mass is 10.1. The number of carbonyl (C=O) groups is 2. The first-order valence-corrected chi connectivity index (χ1v) is 5.77. The van der Waals surface area contributed by atoms with Gasteiger partial charge in [0, 0.05) is 13.0 Å². The summed E-state index contributed by atoms with van der Waals surface area (Å²) in [5, 5.41) is 11.3. The molecule has 5 heteroatoms. The molecule has 1 saturated heterocycles. The number of carboxylic acid groups (broad SMARTS) is 1. The Morgan fingerprint density at radius 3 is 2.81 bits per heavy atom. The molecule has 1 aliphatic rings. The molecule has 0 spiro atoms. The normalized spacial score (nSPS) is 21.7. The van der Waals surface area contributed by atoms with E-state index in [1.54, 1.807) is 6.92 Å². The maximum atomic E-state index is 11.4. The summed E-state index contributed by atoms with van der Waals surface area (Å²) in [5.41, 5.74) is 0. The average Bonchev–Trinajstić information content (AvgIpc) is 2.75. The number of aliphatic carboxylic acids is 1. The Kier molecular flexibility index (Phi) is 5.25. The van der Waals surface area contributed by atoms with Crippen molar-refractivity contribution in [3.05, 3.63) is 0 Å². The van der Waals surface area contributed by atoms with Crippen molar-refractivity contribution < 1.29 is 19.4 Å². The van der Waals surface area contributed by atoms with E-state index < -0.39 is 12.0 Å². The fourth-order valence-electron chi connectivity index (χ4n) is 1.77. The summed E-state index contributed by atoms with van der Waals surface area (Å²) in [4.78, 5) is 22.1. The molecular formula is C11H19NO4. The Hall–Kier alpha value is -1.10. The van der Waals surface area contributed by atoms with Gasteiger partial charge in [-0.05, 0) is 25.7 Å². The summed E-state index contributed by atoms with van der Waals surface area (Å²) in [7, 11) is 0. The highest BCUT2D eigenvalue weighted by atomic mass is 16.5. The van der Waals surface area contributed by atoms with Crippen molar-refractivity contribution in [3.63, 3.8) is 0 Å². The molecule has 2 N–H and O–H groups in total. The maximum Gasteiger partial charge on any atom is 0.326 e. The van der Waals surface area contributed by atoms with Crippen LogP contribution < -0.4 is 5.32 Å². The second-order valence-electron chi connectivity index (χ2n) is 4.04. The molecule has 1 heterocycles. The number of rotatable bonds is 6. The van der Waals surface area contributed by atoms with Crippen molar-refractivity contribution in [1.82, 2.24) is 5.32 Å². The molecule has 1 rings (SSSR count). The Morgan fingerprint density at radius 2 is 2.31 bits per heavy atom. The van der Waals surface area contributed by atoms with Crippen LogP contribution in [0.4, 0.5) is 0 Å². The lowest BCUT2D eigenvalue weighted by Crippen LogP contribution is -2.40. The van der Waals surface area contributed by atoms with Gasteiger partial charge in [-0.15, -0.1) is 0 Å². The SMILES string of the molecule is CC[C@H](NC(=O)CCC1CCCO1)C(=O)O. The predicted octanol–water partition coefficient (Wildman–Crippen LogP) is 0.925. The lowest BCUT2D eigenvalue weighted by molar-refractivity contribution is -0.142. The minimum absolute atomic E-state index is 0.177. The van der Waals surface area contributed by atoms with Crippen LogP contribution in [0.2, 0.25) is 0 Å². The second-order valence-corrected chi connectivity index (χ2v) is 4.04. The average molecular weight is 229 g/mol. The number of amides is 1. The van der Waals surface area contributed by atoms with Gasteiger partial charge in [0.25, 0.3) is 0 Å². The lowest BCUT2D eigenvalue weighted by Gasteiger charge is -2.13. The van der Waals surface area contributed by atoms with Crippen molar-refractivity contribution >= 4 is 11.9 Å². The topological polar surface area (TPSA) is 75.6 Å². The number of hydrogen-bond acceptors (Lipinski definition) is 3. The van der Waals surface area contributed by atoms with Crippen LogP contribution in [0.1, 0.15) is 39.0 Å². The fourth-order valence-corrected chi connectivity index (χ4v) is 1.77. The number of carbonyl (C=O) groups excluding carboxylic acids is 1. The quantitative estimate of drug-likeness (QED) is 0.710. The standard InChI is InChI=1S/C11H19NO4/c1-2-9(11(14)15)12-10(13)6-5-8-4-3-7-16-8/h8-9H,2-7H2,1H3,(H,12,13)(H,14,15)/t8?,9-/m0/s1. The van der Waals surface area contributed by atoms with Gasteiger partial charge in [0.15, 0.2) is 0 Å². The van der Waals surface area contributed by atoms with Crippen LogP contribution in [0.25, 0.3) is 0 Å². The summed E-state index contributed by atoms with van der Waals surface area (Å²) >= 11 is 0. The van der Waals surface area contributed by atoms with Crippen LogP contribution in [0.5, 0.6) is 0 Å². The highest BCUT2D eigenvalue weighted by Gasteiger charge is 2.20. The third-order valence-corrected chi connectivity index (χ3v) is 2.76. The molecule has 1 amide bonds. The molecule has 0 radical (unpaired) electrons. The minimum atomic E-state index is -0.979. The third kappa shape index (κ3) is 4.18. The van der Waals surface area contributed by atoms with E-state index in [1.807, 2.05) is 0 Å². The first-order chi connectivity index (χ1) is 7.63. The highest BCUT2D eigenvalue weighted by Crippen LogP contribution is 2.16. The molecule has 92 valence electrons. The van der Waals surface area contributed by atoms with Crippen LogP contribution in [0, 0.1) is 0 Å². The fraction of sp³-hybridized carbons (Fsp3) is 0.818. The molecule has 16 heavy (non-hydrogen) atoms. The molecule has 1 aliphatic heterocycles. The molecule has 2 atom stereocenters. The summed E-state index contributed by atoms with van der Waals surface area (Å²) < 4.78 is 5.39.